The van der Waals surface area contributed by atoms with Crippen molar-refractivity contribution in [1.29, 1.82) is 0 Å². The molecule has 0 saturated heterocycles. The zero-order valence-electron chi connectivity index (χ0n) is 19.6. The number of ether oxygens (including phenoxy) is 2. The highest BCUT2D eigenvalue weighted by Crippen LogP contribution is 2.48. The molecule has 4 rings (SSSR count). The van der Waals surface area contributed by atoms with Gasteiger partial charge in [0.25, 0.3) is 0 Å². The third-order valence-corrected chi connectivity index (χ3v) is 6.13. The molecule has 7 heteroatoms. The lowest BCUT2D eigenvalue weighted by Gasteiger charge is -2.37. The predicted octanol–water partition coefficient (Wildman–Crippen LogP) is 4.67. The van der Waals surface area contributed by atoms with E-state index in [0.717, 1.165) is 16.9 Å². The van der Waals surface area contributed by atoms with Crippen molar-refractivity contribution >= 4 is 23.2 Å². The van der Waals surface area contributed by atoms with Crippen molar-refractivity contribution in [1.82, 2.24) is 5.32 Å². The number of carbonyl (C=O) groups excluding carboxylic acids is 2. The number of hydrogen-bond donors (Lipinski definition) is 2. The molecular weight excluding hydrogens is 418 g/mol. The smallest absolute Gasteiger partial charge is 0.322 e. The molecule has 2 N–H and O–H groups in total. The molecule has 2 aromatic carbocycles. The maximum atomic E-state index is 13.6. The van der Waals surface area contributed by atoms with Gasteiger partial charge in [-0.15, -0.1) is 0 Å². The van der Waals surface area contributed by atoms with Crippen LogP contribution in [0.15, 0.2) is 59.8 Å². The molecule has 1 aliphatic heterocycles. The number of rotatable bonds is 5. The molecule has 0 fully saturated rings. The molecule has 174 valence electrons. The van der Waals surface area contributed by atoms with Crippen LogP contribution in [-0.4, -0.2) is 39.2 Å². The number of amides is 2. The summed E-state index contributed by atoms with van der Waals surface area (Å²) < 4.78 is 10.4. The summed E-state index contributed by atoms with van der Waals surface area (Å²) in [6.07, 6.45) is 1.14. The van der Waals surface area contributed by atoms with E-state index in [9.17, 15) is 9.59 Å². The maximum Gasteiger partial charge on any atom is 0.322 e. The summed E-state index contributed by atoms with van der Waals surface area (Å²) in [4.78, 5) is 28.9. The number of anilines is 2. The summed E-state index contributed by atoms with van der Waals surface area (Å²) in [6, 6.07) is 14.4. The monoisotopic (exact) mass is 449 g/mol. The second-order valence-electron chi connectivity index (χ2n) is 9.25. The van der Waals surface area contributed by atoms with Crippen molar-refractivity contribution in [2.75, 3.05) is 37.6 Å². The first kappa shape index (κ1) is 22.9. The van der Waals surface area contributed by atoms with Crippen LogP contribution in [0.4, 0.5) is 16.2 Å². The Labute approximate surface area is 194 Å². The molecule has 2 amide bonds. The van der Waals surface area contributed by atoms with Gasteiger partial charge in [0.2, 0.25) is 0 Å². The van der Waals surface area contributed by atoms with E-state index >= 15 is 0 Å². The molecule has 1 heterocycles. The maximum absolute atomic E-state index is 13.6. The average Bonchev–Trinajstić information content (AvgIpc) is 2.92. The number of allylic oxidation sites excluding steroid dienone is 1. The van der Waals surface area contributed by atoms with E-state index in [2.05, 4.69) is 24.5 Å². The van der Waals surface area contributed by atoms with Gasteiger partial charge in [-0.3, -0.25) is 9.69 Å². The molecule has 1 atom stereocenters. The third kappa shape index (κ3) is 4.59. The van der Waals surface area contributed by atoms with E-state index in [1.54, 1.807) is 19.1 Å². The van der Waals surface area contributed by atoms with E-state index in [0.29, 0.717) is 43.0 Å². The predicted molar refractivity (Wildman–Crippen MR) is 129 cm³/mol. The Morgan fingerprint density at radius 3 is 2.55 bits per heavy atom. The van der Waals surface area contributed by atoms with Gasteiger partial charge in [-0.2, -0.15) is 0 Å². The number of methoxy groups -OCH3 is 2. The van der Waals surface area contributed by atoms with Gasteiger partial charge in [0.15, 0.2) is 5.78 Å². The minimum Gasteiger partial charge on any atom is -0.497 e. The van der Waals surface area contributed by atoms with E-state index in [-0.39, 0.29) is 17.2 Å². The summed E-state index contributed by atoms with van der Waals surface area (Å²) in [5.41, 5.74) is 3.70. The molecule has 0 radical (unpaired) electrons. The van der Waals surface area contributed by atoms with Gasteiger partial charge in [-0.25, -0.2) is 4.79 Å². The Bertz CT molecular complexity index is 1080. The first-order valence-electron chi connectivity index (χ1n) is 11.2. The highest BCUT2D eigenvalue weighted by atomic mass is 16.5. The number of ketones is 1. The van der Waals surface area contributed by atoms with Crippen LogP contribution in [0.1, 0.15) is 38.3 Å². The van der Waals surface area contributed by atoms with Crippen LogP contribution in [-0.2, 0) is 9.53 Å². The van der Waals surface area contributed by atoms with Crippen LogP contribution in [0.5, 0.6) is 5.75 Å². The minimum atomic E-state index is -0.576. The second kappa shape index (κ2) is 9.27. The lowest BCUT2D eigenvalue weighted by molar-refractivity contribution is -0.118. The summed E-state index contributed by atoms with van der Waals surface area (Å²) in [5, 5.41) is 6.46. The third-order valence-electron chi connectivity index (χ3n) is 6.13. The number of nitrogens with zero attached hydrogens (tertiary/aromatic N) is 1. The Hall–Kier alpha value is -3.32. The van der Waals surface area contributed by atoms with Gasteiger partial charge in [-0.1, -0.05) is 38.1 Å². The van der Waals surface area contributed by atoms with E-state index in [1.165, 1.54) is 0 Å². The molecule has 0 bridgehead atoms. The molecule has 2 aromatic rings. The molecule has 0 saturated carbocycles. The number of Topliss-reactive ketones (excluding diaryl/α,β-unsaturated/α-hetero) is 1. The van der Waals surface area contributed by atoms with Crippen LogP contribution >= 0.6 is 0 Å². The normalized spacial score (nSPS) is 19.2. The van der Waals surface area contributed by atoms with Crippen molar-refractivity contribution in [3.05, 3.63) is 65.4 Å². The van der Waals surface area contributed by atoms with Gasteiger partial charge in [0.05, 0.1) is 31.1 Å². The molecule has 1 aliphatic carbocycles. The number of benzene rings is 2. The van der Waals surface area contributed by atoms with Gasteiger partial charge < -0.3 is 20.1 Å². The topological polar surface area (TPSA) is 79.9 Å². The fraction of sp³-hybridized carbons (Fsp3) is 0.385. The lowest BCUT2D eigenvalue weighted by Crippen LogP contribution is -2.45. The van der Waals surface area contributed by atoms with E-state index in [1.807, 2.05) is 48.5 Å². The standard InChI is InChI=1S/C26H31N3O4/c1-26(2)15-20-23(22(30)16-26)24(17-9-11-18(33-4)12-10-17)29(25(31)27-13-14-32-3)21-8-6-5-7-19(21)28-20/h5-12,24,28H,13-16H2,1-4H3,(H,27,31). The quantitative estimate of drug-likeness (QED) is 0.649. The molecule has 0 aromatic heterocycles. The molecule has 1 unspecified atom stereocenters. The van der Waals surface area contributed by atoms with Crippen molar-refractivity contribution < 1.29 is 19.1 Å². The number of para-hydroxylation sites is 2. The van der Waals surface area contributed by atoms with Gasteiger partial charge in [0.1, 0.15) is 5.75 Å². The summed E-state index contributed by atoms with van der Waals surface area (Å²) >= 11 is 0. The highest BCUT2D eigenvalue weighted by molar-refractivity contribution is 6.06. The van der Waals surface area contributed by atoms with Crippen LogP contribution < -0.4 is 20.3 Å². The van der Waals surface area contributed by atoms with Crippen molar-refractivity contribution in [2.24, 2.45) is 5.41 Å². The highest BCUT2D eigenvalue weighted by Gasteiger charge is 2.43. The van der Waals surface area contributed by atoms with Crippen molar-refractivity contribution in [3.63, 3.8) is 0 Å². The number of urea groups is 1. The van der Waals surface area contributed by atoms with E-state index < -0.39 is 6.04 Å². The first-order valence-corrected chi connectivity index (χ1v) is 11.2. The Morgan fingerprint density at radius 1 is 1.12 bits per heavy atom. The average molecular weight is 450 g/mol. The van der Waals surface area contributed by atoms with Crippen LogP contribution in [0, 0.1) is 5.41 Å². The van der Waals surface area contributed by atoms with Crippen LogP contribution in [0.3, 0.4) is 0 Å². The van der Waals surface area contributed by atoms with Crippen molar-refractivity contribution in [2.45, 2.75) is 32.7 Å². The van der Waals surface area contributed by atoms with Crippen molar-refractivity contribution in [3.8, 4) is 5.75 Å². The first-order chi connectivity index (χ1) is 15.8. The Morgan fingerprint density at radius 2 is 1.85 bits per heavy atom. The van der Waals surface area contributed by atoms with Gasteiger partial charge in [0, 0.05) is 31.3 Å². The zero-order chi connectivity index (χ0) is 23.6. The summed E-state index contributed by atoms with van der Waals surface area (Å²) in [7, 11) is 3.21. The summed E-state index contributed by atoms with van der Waals surface area (Å²) in [5.74, 6) is 0.768. The van der Waals surface area contributed by atoms with Crippen LogP contribution in [0.2, 0.25) is 0 Å². The lowest BCUT2D eigenvalue weighted by atomic mass is 9.73. The molecule has 7 nitrogen and oxygen atoms in total. The molecule has 0 spiro atoms. The number of hydrogen-bond acceptors (Lipinski definition) is 5. The summed E-state index contributed by atoms with van der Waals surface area (Å²) in [6.45, 7) is 4.97. The molecule has 2 aliphatic rings. The van der Waals surface area contributed by atoms with E-state index in [4.69, 9.17) is 9.47 Å². The SMILES string of the molecule is COCCNC(=O)N1c2ccccc2NC2=C(C(=O)CC(C)(C)C2)C1c1ccc(OC)cc1. The van der Waals surface area contributed by atoms with Gasteiger partial charge in [-0.05, 0) is 41.7 Å². The fourth-order valence-electron chi connectivity index (χ4n) is 4.66. The molecule has 33 heavy (non-hydrogen) atoms. The Balaban J connectivity index is 1.91. The largest absolute Gasteiger partial charge is 0.497 e. The fourth-order valence-corrected chi connectivity index (χ4v) is 4.66. The number of nitrogens with one attached hydrogen (secondary N) is 2. The number of carbonyl (C=O) groups is 2. The molecular formula is C26H31N3O4. The number of fused-ring (bicyclic) bond motifs is 1. The zero-order valence-corrected chi connectivity index (χ0v) is 19.6. The van der Waals surface area contributed by atoms with Gasteiger partial charge >= 0.3 is 6.03 Å². The van der Waals surface area contributed by atoms with Crippen LogP contribution in [0.25, 0.3) is 0 Å². The minimum absolute atomic E-state index is 0.0528. The Kier molecular flexibility index (Phi) is 6.42. The second-order valence-corrected chi connectivity index (χ2v) is 9.25.